The van der Waals surface area contributed by atoms with Crippen molar-refractivity contribution in [2.75, 3.05) is 44.1 Å². The third-order valence-electron chi connectivity index (χ3n) is 2.75. The van der Waals surface area contributed by atoms with Crippen molar-refractivity contribution >= 4 is 34.8 Å². The number of halogens is 2. The summed E-state index contributed by atoms with van der Waals surface area (Å²) in [4.78, 5) is 8.71. The van der Waals surface area contributed by atoms with E-state index in [0.29, 0.717) is 27.6 Å². The van der Waals surface area contributed by atoms with Gasteiger partial charge in [-0.3, -0.25) is 0 Å². The maximum absolute atomic E-state index is 6.28. The van der Waals surface area contributed by atoms with Gasteiger partial charge in [-0.1, -0.05) is 37.0 Å². The van der Waals surface area contributed by atoms with Crippen LogP contribution in [0.15, 0.2) is 6.07 Å². The fourth-order valence-electron chi connectivity index (χ4n) is 1.82. The summed E-state index contributed by atoms with van der Waals surface area (Å²) >= 11 is 12.3. The predicted octanol–water partition coefficient (Wildman–Crippen LogP) is 2.70. The van der Waals surface area contributed by atoms with Crippen molar-refractivity contribution in [3.05, 3.63) is 16.1 Å². The van der Waals surface area contributed by atoms with Gasteiger partial charge in [0, 0.05) is 19.6 Å². The second kappa shape index (κ2) is 7.88. The summed E-state index contributed by atoms with van der Waals surface area (Å²) < 4.78 is 0. The first-order chi connectivity index (χ1) is 9.35. The van der Waals surface area contributed by atoms with Crippen LogP contribution in [0.5, 0.6) is 0 Å². The molecule has 0 aliphatic carbocycles. The van der Waals surface area contributed by atoms with Crippen molar-refractivity contribution in [2.45, 2.75) is 13.8 Å². The molecule has 3 N–H and O–H groups in total. The van der Waals surface area contributed by atoms with Gasteiger partial charge in [-0.2, -0.15) is 0 Å². The molecule has 0 saturated carbocycles. The Kier molecular flexibility index (Phi) is 6.82. The molecule has 0 aliphatic heterocycles. The largest absolute Gasteiger partial charge is 0.354 e. The Hall–Kier alpha value is -0.750. The van der Waals surface area contributed by atoms with E-state index in [9.17, 15) is 0 Å². The van der Waals surface area contributed by atoms with Crippen LogP contribution >= 0.6 is 23.2 Å². The highest BCUT2D eigenvalue weighted by molar-refractivity contribution is 6.37. The molecule has 0 bridgehead atoms. The Morgan fingerprint density at radius 1 is 1.25 bits per heavy atom. The van der Waals surface area contributed by atoms with E-state index < -0.39 is 0 Å². The minimum atomic E-state index is 0.415. The summed E-state index contributed by atoms with van der Waals surface area (Å²) in [5.74, 6) is 7.07. The first-order valence-corrected chi connectivity index (χ1v) is 7.33. The summed E-state index contributed by atoms with van der Waals surface area (Å²) in [6, 6.07) is 1.67. The number of nitrogens with zero attached hydrogens (tertiary/aromatic N) is 3. The normalized spacial score (nSPS) is 11.2. The number of hydrazine groups is 1. The molecule has 1 heterocycles. The highest BCUT2D eigenvalue weighted by Crippen LogP contribution is 2.31. The SMILES string of the molecule is CC(C)CN(CCN(C)C)c1nc(NN)c(Cl)cc1Cl. The molecule has 0 unspecified atom stereocenters. The topological polar surface area (TPSA) is 57.4 Å². The van der Waals surface area contributed by atoms with Gasteiger partial charge in [0.15, 0.2) is 5.82 Å². The van der Waals surface area contributed by atoms with E-state index in [1.807, 2.05) is 14.1 Å². The number of nitrogens with two attached hydrogens (primary N) is 1. The third-order valence-corrected chi connectivity index (χ3v) is 3.32. The van der Waals surface area contributed by atoms with Gasteiger partial charge in [0.2, 0.25) is 0 Å². The molecule has 20 heavy (non-hydrogen) atoms. The van der Waals surface area contributed by atoms with E-state index >= 15 is 0 Å². The Balaban J connectivity index is 3.05. The maximum Gasteiger partial charge on any atom is 0.161 e. The number of nitrogens with one attached hydrogen (secondary N) is 1. The van der Waals surface area contributed by atoms with Gasteiger partial charge in [-0.05, 0) is 26.1 Å². The van der Waals surface area contributed by atoms with E-state index in [1.54, 1.807) is 6.07 Å². The minimum absolute atomic E-state index is 0.415. The Morgan fingerprint density at radius 2 is 1.90 bits per heavy atom. The highest BCUT2D eigenvalue weighted by Gasteiger charge is 2.16. The van der Waals surface area contributed by atoms with E-state index in [-0.39, 0.29) is 0 Å². The van der Waals surface area contributed by atoms with Crippen LogP contribution in [-0.4, -0.2) is 43.6 Å². The molecule has 0 saturated heterocycles. The molecule has 5 nitrogen and oxygen atoms in total. The average molecular weight is 320 g/mol. The highest BCUT2D eigenvalue weighted by atomic mass is 35.5. The number of nitrogen functional groups attached to an aromatic ring is 1. The van der Waals surface area contributed by atoms with Gasteiger partial charge in [0.25, 0.3) is 0 Å². The first kappa shape index (κ1) is 17.3. The fourth-order valence-corrected chi connectivity index (χ4v) is 2.36. The van der Waals surface area contributed by atoms with Crippen LogP contribution in [-0.2, 0) is 0 Å². The molecule has 0 atom stereocenters. The molecule has 0 aromatic carbocycles. The second-order valence-corrected chi connectivity index (χ2v) is 6.23. The summed E-state index contributed by atoms with van der Waals surface area (Å²) in [5, 5.41) is 0.951. The standard InChI is InChI=1S/C13H23Cl2N5/c1-9(2)8-20(6-5-19(3)4)13-11(15)7-10(14)12(17-13)18-16/h7,9H,5-6,8,16H2,1-4H3,(H,17,18). The summed E-state index contributed by atoms with van der Waals surface area (Å²) in [5.41, 5.74) is 2.50. The van der Waals surface area contributed by atoms with Gasteiger partial charge >= 0.3 is 0 Å². The number of pyridine rings is 1. The van der Waals surface area contributed by atoms with Crippen molar-refractivity contribution in [2.24, 2.45) is 11.8 Å². The van der Waals surface area contributed by atoms with Crippen LogP contribution in [0.4, 0.5) is 11.6 Å². The third kappa shape index (κ3) is 4.98. The van der Waals surface area contributed by atoms with Crippen molar-refractivity contribution in [1.29, 1.82) is 0 Å². The molecule has 1 aromatic rings. The monoisotopic (exact) mass is 319 g/mol. The van der Waals surface area contributed by atoms with Gasteiger partial charge in [0.1, 0.15) is 5.82 Å². The Morgan fingerprint density at radius 3 is 2.40 bits per heavy atom. The number of aromatic nitrogens is 1. The number of hydrogen-bond acceptors (Lipinski definition) is 5. The zero-order valence-corrected chi connectivity index (χ0v) is 14.0. The number of anilines is 2. The van der Waals surface area contributed by atoms with Gasteiger partial charge in [-0.15, -0.1) is 0 Å². The first-order valence-electron chi connectivity index (χ1n) is 6.57. The van der Waals surface area contributed by atoms with Gasteiger partial charge in [0.05, 0.1) is 10.0 Å². The van der Waals surface area contributed by atoms with E-state index in [2.05, 4.69) is 34.1 Å². The second-order valence-electron chi connectivity index (χ2n) is 5.41. The van der Waals surface area contributed by atoms with Crippen LogP contribution in [0.2, 0.25) is 10.0 Å². The van der Waals surface area contributed by atoms with Crippen LogP contribution in [0.3, 0.4) is 0 Å². The predicted molar refractivity (Wildman–Crippen MR) is 87.7 cm³/mol. The van der Waals surface area contributed by atoms with Crippen molar-refractivity contribution < 1.29 is 0 Å². The molecular weight excluding hydrogens is 297 g/mol. The molecule has 0 radical (unpaired) electrons. The van der Waals surface area contributed by atoms with Crippen LogP contribution in [0.25, 0.3) is 0 Å². The molecule has 0 amide bonds. The number of hydrogen-bond donors (Lipinski definition) is 2. The minimum Gasteiger partial charge on any atom is -0.354 e. The molecule has 0 spiro atoms. The fraction of sp³-hybridized carbons (Fsp3) is 0.615. The lowest BCUT2D eigenvalue weighted by molar-refractivity contribution is 0.408. The quantitative estimate of drug-likeness (QED) is 0.597. The van der Waals surface area contributed by atoms with Crippen molar-refractivity contribution in [3.63, 3.8) is 0 Å². The molecular formula is C13H23Cl2N5. The summed E-state index contributed by atoms with van der Waals surface area (Å²) in [7, 11) is 4.08. The van der Waals surface area contributed by atoms with Crippen molar-refractivity contribution in [1.82, 2.24) is 9.88 Å². The molecule has 7 heteroatoms. The van der Waals surface area contributed by atoms with Crippen LogP contribution < -0.4 is 16.2 Å². The molecule has 0 aliphatic rings. The zero-order chi connectivity index (χ0) is 15.3. The van der Waals surface area contributed by atoms with E-state index in [0.717, 1.165) is 19.6 Å². The van der Waals surface area contributed by atoms with Gasteiger partial charge in [-0.25, -0.2) is 10.8 Å². The summed E-state index contributed by atoms with van der Waals surface area (Å²) in [6.45, 7) is 6.94. The van der Waals surface area contributed by atoms with Crippen LogP contribution in [0.1, 0.15) is 13.8 Å². The van der Waals surface area contributed by atoms with Crippen LogP contribution in [0, 0.1) is 5.92 Å². The number of rotatable bonds is 7. The van der Waals surface area contributed by atoms with E-state index in [4.69, 9.17) is 29.0 Å². The van der Waals surface area contributed by atoms with Gasteiger partial charge < -0.3 is 15.2 Å². The Bertz CT molecular complexity index is 437. The molecule has 1 rings (SSSR count). The average Bonchev–Trinajstić information content (AvgIpc) is 2.34. The summed E-state index contributed by atoms with van der Waals surface area (Å²) in [6.07, 6.45) is 0. The van der Waals surface area contributed by atoms with E-state index in [1.165, 1.54) is 0 Å². The zero-order valence-electron chi connectivity index (χ0n) is 12.5. The lowest BCUT2D eigenvalue weighted by Crippen LogP contribution is -2.35. The Labute approximate surface area is 131 Å². The smallest absolute Gasteiger partial charge is 0.161 e. The molecule has 114 valence electrons. The lowest BCUT2D eigenvalue weighted by atomic mass is 10.2. The molecule has 0 fully saturated rings. The maximum atomic E-state index is 6.28. The number of likely N-dealkylation sites (N-methyl/N-ethyl adjacent to an activating group) is 1. The van der Waals surface area contributed by atoms with Crippen molar-refractivity contribution in [3.8, 4) is 0 Å². The lowest BCUT2D eigenvalue weighted by Gasteiger charge is -2.28. The molecule has 1 aromatic heterocycles.